The Bertz CT molecular complexity index is 853. The lowest BCUT2D eigenvalue weighted by Crippen LogP contribution is -2.49. The topological polar surface area (TPSA) is 76.4 Å². The van der Waals surface area contributed by atoms with Gasteiger partial charge in [-0.3, -0.25) is 5.43 Å². The van der Waals surface area contributed by atoms with Gasteiger partial charge in [-0.2, -0.15) is 5.10 Å². The van der Waals surface area contributed by atoms with Gasteiger partial charge in [-0.1, -0.05) is 18.2 Å². The summed E-state index contributed by atoms with van der Waals surface area (Å²) in [5, 5.41) is 9.20. The SMILES string of the molecule is O=C(Nc1cnn(-c2ccccc2)c1-n1cccc1)NN1CCOCC1. The minimum absolute atomic E-state index is 0.298. The maximum Gasteiger partial charge on any atom is 0.333 e. The number of morpholine rings is 1. The Balaban J connectivity index is 1.60. The number of para-hydroxylation sites is 1. The van der Waals surface area contributed by atoms with E-state index in [2.05, 4.69) is 15.8 Å². The highest BCUT2D eigenvalue weighted by atomic mass is 16.5. The lowest BCUT2D eigenvalue weighted by Gasteiger charge is -2.26. The third kappa shape index (κ3) is 3.46. The molecule has 1 fully saturated rings. The molecule has 3 aromatic rings. The first kappa shape index (κ1) is 16.4. The van der Waals surface area contributed by atoms with E-state index in [9.17, 15) is 4.79 Å². The Morgan fingerprint density at radius 2 is 1.77 bits per heavy atom. The lowest BCUT2D eigenvalue weighted by atomic mass is 10.3. The van der Waals surface area contributed by atoms with Crippen molar-refractivity contribution in [3.63, 3.8) is 0 Å². The molecule has 0 radical (unpaired) electrons. The zero-order chi connectivity index (χ0) is 17.8. The molecule has 1 aliphatic rings. The second-order valence-corrected chi connectivity index (χ2v) is 5.88. The smallest absolute Gasteiger partial charge is 0.333 e. The Kier molecular flexibility index (Phi) is 4.67. The predicted octanol–water partition coefficient (Wildman–Crippen LogP) is 2.03. The number of carbonyl (C=O) groups is 1. The number of nitrogens with one attached hydrogen (secondary N) is 2. The summed E-state index contributed by atoms with van der Waals surface area (Å²) in [6, 6.07) is 13.4. The normalized spacial score (nSPS) is 14.9. The molecule has 1 saturated heterocycles. The van der Waals surface area contributed by atoms with Crippen LogP contribution in [0.1, 0.15) is 0 Å². The van der Waals surface area contributed by atoms with E-state index >= 15 is 0 Å². The summed E-state index contributed by atoms with van der Waals surface area (Å²) in [4.78, 5) is 12.4. The van der Waals surface area contributed by atoms with Crippen molar-refractivity contribution in [3.8, 4) is 11.5 Å². The molecular formula is C18H20N6O2. The molecule has 8 heteroatoms. The van der Waals surface area contributed by atoms with Crippen molar-refractivity contribution in [2.45, 2.75) is 0 Å². The number of aromatic nitrogens is 3. The Morgan fingerprint density at radius 1 is 1.04 bits per heavy atom. The fraction of sp³-hybridized carbons (Fsp3) is 0.222. The van der Waals surface area contributed by atoms with E-state index in [-0.39, 0.29) is 6.03 Å². The van der Waals surface area contributed by atoms with Crippen molar-refractivity contribution in [1.29, 1.82) is 0 Å². The first-order valence-electron chi connectivity index (χ1n) is 8.48. The maximum atomic E-state index is 12.4. The van der Waals surface area contributed by atoms with Crippen molar-refractivity contribution < 1.29 is 9.53 Å². The molecular weight excluding hydrogens is 332 g/mol. The molecule has 1 aromatic carbocycles. The summed E-state index contributed by atoms with van der Waals surface area (Å²) >= 11 is 0. The van der Waals surface area contributed by atoms with E-state index in [0.29, 0.717) is 32.0 Å². The molecule has 3 heterocycles. The molecule has 0 aliphatic carbocycles. The molecule has 0 saturated carbocycles. The summed E-state index contributed by atoms with van der Waals surface area (Å²) in [5.74, 6) is 0.762. The second kappa shape index (κ2) is 7.42. The van der Waals surface area contributed by atoms with E-state index < -0.39 is 0 Å². The number of anilines is 1. The second-order valence-electron chi connectivity index (χ2n) is 5.88. The largest absolute Gasteiger partial charge is 0.379 e. The number of amides is 2. The first-order chi connectivity index (χ1) is 12.8. The number of nitrogens with zero attached hydrogens (tertiary/aromatic N) is 4. The van der Waals surface area contributed by atoms with Crippen LogP contribution in [-0.2, 0) is 4.74 Å². The van der Waals surface area contributed by atoms with Crippen LogP contribution in [0, 0.1) is 0 Å². The summed E-state index contributed by atoms with van der Waals surface area (Å²) < 4.78 is 9.01. The third-order valence-electron chi connectivity index (χ3n) is 4.11. The van der Waals surface area contributed by atoms with Gasteiger partial charge < -0.3 is 14.6 Å². The number of benzene rings is 1. The molecule has 0 unspecified atom stereocenters. The number of hydrogen-bond acceptors (Lipinski definition) is 4. The van der Waals surface area contributed by atoms with Crippen LogP contribution in [0.2, 0.25) is 0 Å². The highest BCUT2D eigenvalue weighted by Gasteiger charge is 2.18. The van der Waals surface area contributed by atoms with E-state index in [1.165, 1.54) is 0 Å². The van der Waals surface area contributed by atoms with Crippen molar-refractivity contribution in [2.24, 2.45) is 0 Å². The molecule has 2 aromatic heterocycles. The summed E-state index contributed by atoms with van der Waals surface area (Å²) in [5.41, 5.74) is 4.38. The number of hydrazine groups is 1. The zero-order valence-electron chi connectivity index (χ0n) is 14.2. The molecule has 2 N–H and O–H groups in total. The quantitative estimate of drug-likeness (QED) is 0.753. The van der Waals surface area contributed by atoms with Crippen LogP contribution in [-0.4, -0.2) is 51.7 Å². The predicted molar refractivity (Wildman–Crippen MR) is 97.4 cm³/mol. The van der Waals surface area contributed by atoms with Gasteiger partial charge in [0.25, 0.3) is 0 Å². The van der Waals surface area contributed by atoms with Crippen LogP contribution in [0.25, 0.3) is 11.5 Å². The number of hydrogen-bond donors (Lipinski definition) is 2. The third-order valence-corrected chi connectivity index (χ3v) is 4.11. The molecule has 8 nitrogen and oxygen atoms in total. The molecule has 0 atom stereocenters. The molecule has 26 heavy (non-hydrogen) atoms. The van der Waals surface area contributed by atoms with Gasteiger partial charge in [0.15, 0.2) is 5.82 Å². The number of rotatable bonds is 4. The molecule has 2 amide bonds. The van der Waals surface area contributed by atoms with E-state index in [0.717, 1.165) is 11.5 Å². The Morgan fingerprint density at radius 3 is 2.50 bits per heavy atom. The minimum atomic E-state index is -0.298. The molecule has 134 valence electrons. The fourth-order valence-electron chi connectivity index (χ4n) is 2.88. The average Bonchev–Trinajstić information content (AvgIpc) is 3.32. The van der Waals surface area contributed by atoms with Gasteiger partial charge in [-0.05, 0) is 24.3 Å². The lowest BCUT2D eigenvalue weighted by molar-refractivity contribution is 0.0207. The standard InChI is InChI=1S/C18H20N6O2/c25-18(21-23-10-12-26-13-11-23)20-16-14-19-24(15-6-2-1-3-7-15)17(16)22-8-4-5-9-22/h1-9,14H,10-13H2,(H2,20,21,25). The Hall–Kier alpha value is -3.10. The minimum Gasteiger partial charge on any atom is -0.379 e. The number of carbonyl (C=O) groups excluding carboxylic acids is 1. The van der Waals surface area contributed by atoms with E-state index in [1.807, 2.05) is 64.4 Å². The summed E-state index contributed by atoms with van der Waals surface area (Å²) in [7, 11) is 0. The molecule has 1 aliphatic heterocycles. The Labute approximate surface area is 150 Å². The highest BCUT2D eigenvalue weighted by Crippen LogP contribution is 2.23. The fourth-order valence-corrected chi connectivity index (χ4v) is 2.88. The summed E-state index contributed by atoms with van der Waals surface area (Å²) in [6.07, 6.45) is 5.49. The monoisotopic (exact) mass is 352 g/mol. The van der Waals surface area contributed by atoms with Crippen molar-refractivity contribution in [2.75, 3.05) is 31.6 Å². The van der Waals surface area contributed by atoms with Crippen LogP contribution < -0.4 is 10.7 Å². The van der Waals surface area contributed by atoms with Gasteiger partial charge in [-0.25, -0.2) is 14.5 Å². The zero-order valence-corrected chi connectivity index (χ0v) is 14.2. The molecule has 0 spiro atoms. The van der Waals surface area contributed by atoms with Gasteiger partial charge in [0.2, 0.25) is 0 Å². The van der Waals surface area contributed by atoms with Gasteiger partial charge >= 0.3 is 6.03 Å². The van der Waals surface area contributed by atoms with Crippen molar-refractivity contribution >= 4 is 11.7 Å². The van der Waals surface area contributed by atoms with Gasteiger partial charge in [-0.15, -0.1) is 0 Å². The molecule has 0 bridgehead atoms. The number of urea groups is 1. The van der Waals surface area contributed by atoms with Crippen LogP contribution in [0.15, 0.2) is 61.1 Å². The van der Waals surface area contributed by atoms with Crippen molar-refractivity contribution in [1.82, 2.24) is 24.8 Å². The van der Waals surface area contributed by atoms with Crippen LogP contribution in [0.5, 0.6) is 0 Å². The molecule has 4 rings (SSSR count). The van der Waals surface area contributed by atoms with Gasteiger partial charge in [0.05, 0.1) is 25.1 Å². The highest BCUT2D eigenvalue weighted by molar-refractivity contribution is 5.90. The number of ether oxygens (including phenoxy) is 1. The first-order valence-corrected chi connectivity index (χ1v) is 8.48. The van der Waals surface area contributed by atoms with E-state index in [4.69, 9.17) is 4.74 Å². The van der Waals surface area contributed by atoms with Crippen LogP contribution >= 0.6 is 0 Å². The maximum absolute atomic E-state index is 12.4. The summed E-state index contributed by atoms with van der Waals surface area (Å²) in [6.45, 7) is 2.56. The average molecular weight is 352 g/mol. The van der Waals surface area contributed by atoms with Crippen LogP contribution in [0.3, 0.4) is 0 Å². The van der Waals surface area contributed by atoms with Gasteiger partial charge in [0, 0.05) is 25.5 Å². The van der Waals surface area contributed by atoms with Crippen LogP contribution in [0.4, 0.5) is 10.5 Å². The van der Waals surface area contributed by atoms with E-state index in [1.54, 1.807) is 10.9 Å². The van der Waals surface area contributed by atoms with Gasteiger partial charge in [0.1, 0.15) is 5.69 Å². The van der Waals surface area contributed by atoms with Crippen molar-refractivity contribution in [3.05, 3.63) is 61.1 Å².